The van der Waals surface area contributed by atoms with Crippen LogP contribution in [0.5, 0.6) is 5.75 Å². The molecule has 0 saturated heterocycles. The summed E-state index contributed by atoms with van der Waals surface area (Å²) in [7, 11) is 0. The SMILES string of the molecule is CSc1ccc2nc(NC(=O)c3ccc(OC(C)C)cc3)sc2c1. The number of hydrogen-bond acceptors (Lipinski definition) is 5. The van der Waals surface area contributed by atoms with E-state index in [1.165, 1.54) is 16.2 Å². The van der Waals surface area contributed by atoms with E-state index in [1.54, 1.807) is 36.0 Å². The average molecular weight is 358 g/mol. The van der Waals surface area contributed by atoms with Gasteiger partial charge in [-0.2, -0.15) is 0 Å². The summed E-state index contributed by atoms with van der Waals surface area (Å²) in [5.74, 6) is 0.585. The number of nitrogens with zero attached hydrogens (tertiary/aromatic N) is 1. The minimum Gasteiger partial charge on any atom is -0.491 e. The van der Waals surface area contributed by atoms with Crippen molar-refractivity contribution in [3.05, 3.63) is 48.0 Å². The highest BCUT2D eigenvalue weighted by molar-refractivity contribution is 7.98. The van der Waals surface area contributed by atoms with Crippen LogP contribution in [-0.2, 0) is 0 Å². The zero-order valence-electron chi connectivity index (χ0n) is 13.7. The Bertz CT molecular complexity index is 857. The van der Waals surface area contributed by atoms with Gasteiger partial charge in [-0.15, -0.1) is 11.8 Å². The Kier molecular flexibility index (Phi) is 5.06. The summed E-state index contributed by atoms with van der Waals surface area (Å²) >= 11 is 3.17. The zero-order chi connectivity index (χ0) is 17.1. The molecule has 0 unspecified atom stereocenters. The van der Waals surface area contributed by atoms with Crippen molar-refractivity contribution in [1.82, 2.24) is 4.98 Å². The molecule has 0 bridgehead atoms. The van der Waals surface area contributed by atoms with Crippen molar-refractivity contribution in [1.29, 1.82) is 0 Å². The molecule has 0 aliphatic carbocycles. The van der Waals surface area contributed by atoms with Crippen molar-refractivity contribution < 1.29 is 9.53 Å². The van der Waals surface area contributed by atoms with Crippen LogP contribution in [-0.4, -0.2) is 23.3 Å². The molecule has 4 nitrogen and oxygen atoms in total. The van der Waals surface area contributed by atoms with Crippen molar-refractivity contribution in [2.45, 2.75) is 24.8 Å². The Balaban J connectivity index is 1.74. The Morgan fingerprint density at radius 1 is 1.21 bits per heavy atom. The molecule has 1 N–H and O–H groups in total. The van der Waals surface area contributed by atoms with Crippen LogP contribution in [0.15, 0.2) is 47.4 Å². The van der Waals surface area contributed by atoms with Crippen LogP contribution in [0.2, 0.25) is 0 Å². The number of thiazole rings is 1. The molecule has 0 saturated carbocycles. The predicted octanol–water partition coefficient (Wildman–Crippen LogP) is 5.06. The maximum absolute atomic E-state index is 12.4. The Hall–Kier alpha value is -2.05. The van der Waals surface area contributed by atoms with Gasteiger partial charge in [-0.1, -0.05) is 11.3 Å². The summed E-state index contributed by atoms with van der Waals surface area (Å²) in [4.78, 5) is 18.0. The molecule has 0 aliphatic rings. The van der Waals surface area contributed by atoms with E-state index >= 15 is 0 Å². The Morgan fingerprint density at radius 2 is 1.96 bits per heavy atom. The number of rotatable bonds is 5. The van der Waals surface area contributed by atoms with Gasteiger partial charge in [-0.3, -0.25) is 10.1 Å². The van der Waals surface area contributed by atoms with Gasteiger partial charge in [0.15, 0.2) is 5.13 Å². The first-order valence-corrected chi connectivity index (χ1v) is 9.62. The summed E-state index contributed by atoms with van der Waals surface area (Å²) in [5.41, 5.74) is 1.48. The van der Waals surface area contributed by atoms with Crippen molar-refractivity contribution >= 4 is 44.4 Å². The summed E-state index contributed by atoms with van der Waals surface area (Å²) in [5, 5.41) is 3.47. The van der Waals surface area contributed by atoms with Gasteiger partial charge in [0.2, 0.25) is 0 Å². The number of hydrogen-bond donors (Lipinski definition) is 1. The van der Waals surface area contributed by atoms with Gasteiger partial charge < -0.3 is 4.74 Å². The van der Waals surface area contributed by atoms with Crippen LogP contribution in [0.25, 0.3) is 10.2 Å². The number of amides is 1. The van der Waals surface area contributed by atoms with E-state index in [-0.39, 0.29) is 12.0 Å². The molecule has 0 radical (unpaired) electrons. The standard InChI is InChI=1S/C18H18N2O2S2/c1-11(2)22-13-6-4-12(5-7-13)17(21)20-18-19-15-9-8-14(23-3)10-16(15)24-18/h4-11H,1-3H3,(H,19,20,21). The molecule has 1 heterocycles. The maximum Gasteiger partial charge on any atom is 0.257 e. The lowest BCUT2D eigenvalue weighted by Crippen LogP contribution is -2.11. The van der Waals surface area contributed by atoms with E-state index in [2.05, 4.69) is 16.4 Å². The number of fused-ring (bicyclic) bond motifs is 1. The smallest absolute Gasteiger partial charge is 0.257 e. The van der Waals surface area contributed by atoms with Crippen molar-refractivity contribution in [2.24, 2.45) is 0 Å². The van der Waals surface area contributed by atoms with Crippen LogP contribution in [0.1, 0.15) is 24.2 Å². The van der Waals surface area contributed by atoms with Gasteiger partial charge in [0.1, 0.15) is 5.75 Å². The summed E-state index contributed by atoms with van der Waals surface area (Å²) in [6.45, 7) is 3.94. The van der Waals surface area contributed by atoms with Gasteiger partial charge in [0.25, 0.3) is 5.91 Å². The maximum atomic E-state index is 12.4. The first kappa shape index (κ1) is 16.8. The van der Waals surface area contributed by atoms with Crippen LogP contribution in [0.3, 0.4) is 0 Å². The van der Waals surface area contributed by atoms with Crippen molar-refractivity contribution in [3.63, 3.8) is 0 Å². The quantitative estimate of drug-likeness (QED) is 0.648. The third kappa shape index (κ3) is 3.88. The van der Waals surface area contributed by atoms with E-state index in [4.69, 9.17) is 4.74 Å². The first-order chi connectivity index (χ1) is 11.5. The van der Waals surface area contributed by atoms with Gasteiger partial charge in [0.05, 0.1) is 16.3 Å². The number of carbonyl (C=O) groups excluding carboxylic acids is 1. The van der Waals surface area contributed by atoms with E-state index in [0.29, 0.717) is 10.7 Å². The largest absolute Gasteiger partial charge is 0.491 e. The second-order valence-corrected chi connectivity index (χ2v) is 7.41. The zero-order valence-corrected chi connectivity index (χ0v) is 15.3. The molecular formula is C18H18N2O2S2. The predicted molar refractivity (Wildman–Crippen MR) is 102 cm³/mol. The second-order valence-electron chi connectivity index (χ2n) is 5.50. The van der Waals surface area contributed by atoms with Gasteiger partial charge in [-0.25, -0.2) is 4.98 Å². The van der Waals surface area contributed by atoms with E-state index in [9.17, 15) is 4.79 Å². The summed E-state index contributed by atoms with van der Waals surface area (Å²) in [6.07, 6.45) is 2.15. The Morgan fingerprint density at radius 3 is 2.62 bits per heavy atom. The van der Waals surface area contributed by atoms with Crippen LogP contribution < -0.4 is 10.1 Å². The fourth-order valence-electron chi connectivity index (χ4n) is 2.21. The molecule has 124 valence electrons. The molecule has 0 fully saturated rings. The molecule has 2 aromatic carbocycles. The fourth-order valence-corrected chi connectivity index (χ4v) is 3.63. The minimum absolute atomic E-state index is 0.110. The molecule has 0 spiro atoms. The van der Waals surface area contributed by atoms with Crippen molar-refractivity contribution in [3.8, 4) is 5.75 Å². The summed E-state index contributed by atoms with van der Waals surface area (Å²) in [6, 6.07) is 13.2. The van der Waals surface area contributed by atoms with E-state index < -0.39 is 0 Å². The normalized spacial score (nSPS) is 11.0. The number of ether oxygens (including phenoxy) is 1. The molecule has 3 rings (SSSR count). The highest BCUT2D eigenvalue weighted by atomic mass is 32.2. The first-order valence-electron chi connectivity index (χ1n) is 7.58. The van der Waals surface area contributed by atoms with Gasteiger partial charge in [0, 0.05) is 10.5 Å². The lowest BCUT2D eigenvalue weighted by atomic mass is 10.2. The lowest BCUT2D eigenvalue weighted by Gasteiger charge is -2.09. The third-order valence-electron chi connectivity index (χ3n) is 3.30. The highest BCUT2D eigenvalue weighted by Gasteiger charge is 2.11. The van der Waals surface area contributed by atoms with Crippen LogP contribution in [0, 0.1) is 0 Å². The average Bonchev–Trinajstić information content (AvgIpc) is 2.96. The number of anilines is 1. The number of aromatic nitrogens is 1. The number of nitrogens with one attached hydrogen (secondary N) is 1. The minimum atomic E-state index is -0.171. The fraction of sp³-hybridized carbons (Fsp3) is 0.222. The number of thioether (sulfide) groups is 1. The number of benzene rings is 2. The van der Waals surface area contributed by atoms with Gasteiger partial charge >= 0.3 is 0 Å². The molecule has 1 amide bonds. The molecule has 3 aromatic rings. The van der Waals surface area contributed by atoms with Crippen LogP contribution >= 0.6 is 23.1 Å². The molecule has 0 atom stereocenters. The summed E-state index contributed by atoms with van der Waals surface area (Å²) < 4.78 is 6.65. The Labute approximate surface area is 149 Å². The molecule has 0 aliphatic heterocycles. The molecule has 24 heavy (non-hydrogen) atoms. The van der Waals surface area contributed by atoms with E-state index in [1.807, 2.05) is 32.2 Å². The monoisotopic (exact) mass is 358 g/mol. The highest BCUT2D eigenvalue weighted by Crippen LogP contribution is 2.29. The number of carbonyl (C=O) groups is 1. The third-order valence-corrected chi connectivity index (χ3v) is 4.96. The van der Waals surface area contributed by atoms with E-state index in [0.717, 1.165) is 16.0 Å². The molecular weight excluding hydrogens is 340 g/mol. The van der Waals surface area contributed by atoms with Crippen molar-refractivity contribution in [2.75, 3.05) is 11.6 Å². The lowest BCUT2D eigenvalue weighted by molar-refractivity contribution is 0.102. The topological polar surface area (TPSA) is 51.2 Å². The molecule has 6 heteroatoms. The van der Waals surface area contributed by atoms with Gasteiger partial charge in [-0.05, 0) is 62.6 Å². The second kappa shape index (κ2) is 7.23. The van der Waals surface area contributed by atoms with Crippen LogP contribution in [0.4, 0.5) is 5.13 Å². The molecule has 1 aromatic heterocycles.